The Morgan fingerprint density at radius 3 is 2.32 bits per heavy atom. The van der Waals surface area contributed by atoms with E-state index in [1.54, 1.807) is 0 Å². The third-order valence-corrected chi connectivity index (χ3v) is 10.7. The Hall–Kier alpha value is -3.06. The molecule has 5 fully saturated rings. The van der Waals surface area contributed by atoms with Crippen molar-refractivity contribution in [3.05, 3.63) is 59.8 Å². The summed E-state index contributed by atoms with van der Waals surface area (Å²) in [6.07, 6.45) is 0.828. The SMILES string of the molecule is C=C1C(=O)C2=C3[C@H](CC[C@]24C(=O)C[C@H]2C(=C)CC[C@H]5C(=C)C(=O)O[C@@H]5[C@H]24)C[C@@H](O)[C@H]2C(=C)C(=O)O[C@@H]2[C@@H]13. The summed E-state index contributed by atoms with van der Waals surface area (Å²) in [4.78, 5) is 53.4. The Morgan fingerprint density at radius 1 is 0.865 bits per heavy atom. The molecule has 1 spiro atoms. The number of fused-ring (bicyclic) bond motifs is 7. The van der Waals surface area contributed by atoms with Gasteiger partial charge in [0, 0.05) is 46.5 Å². The molecular weight excluding hydrogens is 472 g/mol. The van der Waals surface area contributed by atoms with Crippen LogP contribution in [-0.2, 0) is 28.7 Å². The van der Waals surface area contributed by atoms with Crippen molar-refractivity contribution in [3.8, 4) is 0 Å². The number of esters is 2. The van der Waals surface area contributed by atoms with Crippen LogP contribution in [-0.4, -0.2) is 46.9 Å². The predicted molar refractivity (Wildman–Crippen MR) is 130 cm³/mol. The summed E-state index contributed by atoms with van der Waals surface area (Å²) in [5, 5.41) is 11.1. The van der Waals surface area contributed by atoms with Crippen molar-refractivity contribution >= 4 is 23.5 Å². The zero-order chi connectivity index (χ0) is 26.1. The number of carbonyl (C=O) groups excluding carboxylic acids is 4. The fraction of sp³-hybridized carbons (Fsp3) is 0.533. The number of carbonyl (C=O) groups is 4. The molecule has 0 aromatic rings. The van der Waals surface area contributed by atoms with E-state index in [1.165, 1.54) is 0 Å². The molecule has 2 aliphatic heterocycles. The van der Waals surface area contributed by atoms with Crippen molar-refractivity contribution in [3.63, 3.8) is 0 Å². The highest BCUT2D eigenvalue weighted by Gasteiger charge is 2.69. The number of aliphatic hydroxyl groups is 1. The zero-order valence-corrected chi connectivity index (χ0v) is 20.7. The van der Waals surface area contributed by atoms with Gasteiger partial charge in [-0.05, 0) is 49.5 Å². The maximum Gasteiger partial charge on any atom is 0.334 e. The monoisotopic (exact) mass is 502 g/mol. The van der Waals surface area contributed by atoms with Crippen LogP contribution < -0.4 is 0 Å². The fourth-order valence-electron chi connectivity index (χ4n) is 9.15. The molecule has 7 nitrogen and oxygen atoms in total. The van der Waals surface area contributed by atoms with Gasteiger partial charge in [-0.1, -0.05) is 31.9 Å². The molecule has 5 aliphatic carbocycles. The van der Waals surface area contributed by atoms with E-state index in [0.29, 0.717) is 48.8 Å². The molecule has 37 heavy (non-hydrogen) atoms. The van der Waals surface area contributed by atoms with Gasteiger partial charge in [-0.25, -0.2) is 9.59 Å². The van der Waals surface area contributed by atoms with Gasteiger partial charge in [0.1, 0.15) is 18.0 Å². The van der Waals surface area contributed by atoms with Gasteiger partial charge in [-0.15, -0.1) is 0 Å². The van der Waals surface area contributed by atoms with Crippen LogP contribution in [0.3, 0.4) is 0 Å². The third-order valence-electron chi connectivity index (χ3n) is 10.7. The fourth-order valence-corrected chi connectivity index (χ4v) is 9.15. The summed E-state index contributed by atoms with van der Waals surface area (Å²) in [5.41, 5.74) is 2.03. The third kappa shape index (κ3) is 2.61. The molecule has 0 amide bonds. The lowest BCUT2D eigenvalue weighted by Crippen LogP contribution is -2.47. The molecule has 1 N–H and O–H groups in total. The number of rotatable bonds is 0. The Morgan fingerprint density at radius 2 is 1.57 bits per heavy atom. The van der Waals surface area contributed by atoms with Gasteiger partial charge in [0.05, 0.1) is 17.4 Å². The standard InChI is InChI=1S/C30H30O7/c1-11-5-6-16-12(2)28(34)36-26(16)23-17(11)10-19(32)30(23)8-7-15-9-18(31)20-14(4)29(35)37-27(20)21-13(3)25(33)24(30)22(15)21/h15-18,20-21,23,26-27,31H,1-10H2/t15-,16+,17+,18-,20-,21+,23+,26+,27+,30-/m1/s1. The average Bonchev–Trinajstić information content (AvgIpc) is 3.44. The van der Waals surface area contributed by atoms with E-state index in [-0.39, 0.29) is 41.3 Å². The first-order chi connectivity index (χ1) is 17.6. The average molecular weight is 503 g/mol. The second-order valence-corrected chi connectivity index (χ2v) is 12.1. The summed E-state index contributed by atoms with van der Waals surface area (Å²) in [6.45, 7) is 16.3. The molecule has 2 heterocycles. The molecule has 192 valence electrons. The van der Waals surface area contributed by atoms with Crippen molar-refractivity contribution in [1.82, 2.24) is 0 Å². The van der Waals surface area contributed by atoms with Crippen LogP contribution in [0, 0.1) is 40.9 Å². The van der Waals surface area contributed by atoms with Crippen molar-refractivity contribution in [2.75, 3.05) is 0 Å². The summed E-state index contributed by atoms with van der Waals surface area (Å²) < 4.78 is 11.6. The highest BCUT2D eigenvalue weighted by atomic mass is 16.6. The molecule has 7 aliphatic rings. The van der Waals surface area contributed by atoms with Crippen LogP contribution in [0.2, 0.25) is 0 Å². The topological polar surface area (TPSA) is 107 Å². The Bertz CT molecular complexity index is 1310. The smallest absolute Gasteiger partial charge is 0.334 e. The first-order valence-corrected chi connectivity index (χ1v) is 13.2. The maximum atomic E-state index is 14.2. The number of ketones is 2. The van der Waals surface area contributed by atoms with E-state index in [2.05, 4.69) is 26.3 Å². The number of hydrogen-bond donors (Lipinski definition) is 1. The van der Waals surface area contributed by atoms with Crippen molar-refractivity contribution in [1.29, 1.82) is 0 Å². The molecule has 0 unspecified atom stereocenters. The lowest BCUT2D eigenvalue weighted by Gasteiger charge is -2.44. The molecule has 3 saturated carbocycles. The Labute approximate surface area is 215 Å². The van der Waals surface area contributed by atoms with Gasteiger partial charge in [0.15, 0.2) is 5.78 Å². The molecule has 10 atom stereocenters. The number of ether oxygens (including phenoxy) is 2. The summed E-state index contributed by atoms with van der Waals surface area (Å²) in [7, 11) is 0. The highest BCUT2D eigenvalue weighted by Crippen LogP contribution is 2.67. The maximum absolute atomic E-state index is 14.2. The largest absolute Gasteiger partial charge is 0.458 e. The minimum atomic E-state index is -1.13. The Balaban J connectivity index is 1.45. The quantitative estimate of drug-likeness (QED) is 0.308. The normalized spacial score (nSPS) is 46.5. The van der Waals surface area contributed by atoms with Crippen LogP contribution in [0.25, 0.3) is 0 Å². The van der Waals surface area contributed by atoms with Gasteiger partial charge in [-0.2, -0.15) is 0 Å². The summed E-state index contributed by atoms with van der Waals surface area (Å²) in [6, 6.07) is 0. The minimum absolute atomic E-state index is 0.0187. The molecule has 0 bridgehead atoms. The van der Waals surface area contributed by atoms with E-state index in [0.717, 1.165) is 11.1 Å². The molecular formula is C30H30O7. The molecule has 7 rings (SSSR count). The van der Waals surface area contributed by atoms with Gasteiger partial charge in [-0.3, -0.25) is 9.59 Å². The van der Waals surface area contributed by atoms with E-state index in [1.807, 2.05) is 0 Å². The zero-order valence-electron chi connectivity index (χ0n) is 20.7. The lowest BCUT2D eigenvalue weighted by atomic mass is 9.57. The van der Waals surface area contributed by atoms with Crippen molar-refractivity contribution in [2.45, 2.75) is 56.8 Å². The Kier molecular flexibility index (Phi) is 4.54. The van der Waals surface area contributed by atoms with Crippen LogP contribution in [0.4, 0.5) is 0 Å². The van der Waals surface area contributed by atoms with Crippen LogP contribution in [0.1, 0.15) is 38.5 Å². The van der Waals surface area contributed by atoms with Gasteiger partial charge in [0.2, 0.25) is 0 Å². The summed E-state index contributed by atoms with van der Waals surface area (Å²) >= 11 is 0. The molecule has 0 aromatic heterocycles. The number of aliphatic hydroxyl groups excluding tert-OH is 1. The molecule has 0 aromatic carbocycles. The van der Waals surface area contributed by atoms with Crippen molar-refractivity contribution < 1.29 is 33.8 Å². The van der Waals surface area contributed by atoms with Crippen LogP contribution in [0.5, 0.6) is 0 Å². The lowest BCUT2D eigenvalue weighted by molar-refractivity contribution is -0.146. The van der Waals surface area contributed by atoms with Gasteiger partial charge < -0.3 is 14.6 Å². The summed E-state index contributed by atoms with van der Waals surface area (Å²) in [5.74, 6) is -3.46. The van der Waals surface area contributed by atoms with Gasteiger partial charge in [0.25, 0.3) is 0 Å². The van der Waals surface area contributed by atoms with E-state index in [4.69, 9.17) is 9.47 Å². The molecule has 7 heteroatoms. The first-order valence-electron chi connectivity index (χ1n) is 13.2. The first kappa shape index (κ1) is 23.1. The van der Waals surface area contributed by atoms with Crippen molar-refractivity contribution in [2.24, 2.45) is 40.9 Å². The number of Topliss-reactive ketones (excluding diaryl/α,β-unsaturated/α-hetero) is 2. The molecule has 2 saturated heterocycles. The minimum Gasteiger partial charge on any atom is -0.458 e. The van der Waals surface area contributed by atoms with Crippen LogP contribution >= 0.6 is 0 Å². The predicted octanol–water partition coefficient (Wildman–Crippen LogP) is 2.95. The van der Waals surface area contributed by atoms with E-state index >= 15 is 0 Å². The molecule has 0 radical (unpaired) electrons. The van der Waals surface area contributed by atoms with Gasteiger partial charge >= 0.3 is 11.9 Å². The van der Waals surface area contributed by atoms with E-state index in [9.17, 15) is 24.3 Å². The van der Waals surface area contributed by atoms with Crippen LogP contribution in [0.15, 0.2) is 59.8 Å². The van der Waals surface area contributed by atoms with E-state index < -0.39 is 53.4 Å². The number of allylic oxidation sites excluding steroid dienone is 2. The second-order valence-electron chi connectivity index (χ2n) is 12.1. The highest BCUT2D eigenvalue weighted by molar-refractivity contribution is 6.17. The second kappa shape index (κ2) is 7.28. The number of hydrogen-bond acceptors (Lipinski definition) is 7.